The van der Waals surface area contributed by atoms with Crippen molar-refractivity contribution in [2.75, 3.05) is 19.6 Å². The Hall–Kier alpha value is -1.51. The number of carbonyl (C=O) groups is 1. The van der Waals surface area contributed by atoms with E-state index in [0.29, 0.717) is 18.0 Å². The Balaban J connectivity index is 1.53. The predicted octanol–water partition coefficient (Wildman–Crippen LogP) is 3.40. The van der Waals surface area contributed by atoms with Gasteiger partial charge in [-0.25, -0.2) is 4.79 Å². The summed E-state index contributed by atoms with van der Waals surface area (Å²) < 4.78 is 0. The van der Waals surface area contributed by atoms with Crippen LogP contribution in [0.1, 0.15) is 49.1 Å². The lowest BCUT2D eigenvalue weighted by Crippen LogP contribution is -2.54. The largest absolute Gasteiger partial charge is 0.325 e. The molecule has 0 spiro atoms. The second-order valence-electron chi connectivity index (χ2n) is 6.80. The SMILES string of the molecule is O=C(N1CCCCC1)N1CC[C@@H]2C[C@H]1Cc1ccccc12. The number of carbonyl (C=O) groups excluding carboxylic acids is 1. The fraction of sp³-hybridized carbons (Fsp3) is 0.611. The lowest BCUT2D eigenvalue weighted by molar-refractivity contribution is 0.0987. The molecule has 3 nitrogen and oxygen atoms in total. The first-order chi connectivity index (χ1) is 10.3. The van der Waals surface area contributed by atoms with Gasteiger partial charge < -0.3 is 9.80 Å². The van der Waals surface area contributed by atoms with Crippen LogP contribution in [0.2, 0.25) is 0 Å². The molecule has 1 aromatic carbocycles. The number of nitrogens with zero attached hydrogens (tertiary/aromatic N) is 2. The first-order valence-electron chi connectivity index (χ1n) is 8.46. The molecule has 3 aliphatic rings. The molecular weight excluding hydrogens is 260 g/mol. The fourth-order valence-electron chi connectivity index (χ4n) is 4.42. The van der Waals surface area contributed by atoms with Gasteiger partial charge in [-0.2, -0.15) is 0 Å². The molecule has 2 heterocycles. The molecule has 0 unspecified atom stereocenters. The third kappa shape index (κ3) is 2.33. The zero-order chi connectivity index (χ0) is 14.2. The van der Waals surface area contributed by atoms with Gasteiger partial charge in [-0.3, -0.25) is 0 Å². The molecule has 2 amide bonds. The number of hydrogen-bond acceptors (Lipinski definition) is 1. The van der Waals surface area contributed by atoms with Gasteiger partial charge in [-0.1, -0.05) is 24.3 Å². The van der Waals surface area contributed by atoms with E-state index in [1.807, 2.05) is 0 Å². The third-order valence-electron chi connectivity index (χ3n) is 5.54. The van der Waals surface area contributed by atoms with Crippen molar-refractivity contribution in [1.82, 2.24) is 9.80 Å². The molecular formula is C18H24N2O. The van der Waals surface area contributed by atoms with Crippen LogP contribution in [-0.2, 0) is 6.42 Å². The van der Waals surface area contributed by atoms with Crippen molar-refractivity contribution < 1.29 is 4.79 Å². The maximum absolute atomic E-state index is 12.8. The van der Waals surface area contributed by atoms with Crippen molar-refractivity contribution in [3.05, 3.63) is 35.4 Å². The van der Waals surface area contributed by atoms with E-state index in [-0.39, 0.29) is 0 Å². The van der Waals surface area contributed by atoms with Crippen molar-refractivity contribution in [2.45, 2.75) is 50.5 Å². The smallest absolute Gasteiger partial charge is 0.320 e. The van der Waals surface area contributed by atoms with Crippen molar-refractivity contribution >= 4 is 6.03 Å². The number of urea groups is 1. The van der Waals surface area contributed by atoms with Gasteiger partial charge in [0.2, 0.25) is 0 Å². The van der Waals surface area contributed by atoms with Crippen LogP contribution in [0.5, 0.6) is 0 Å². The normalized spacial score (nSPS) is 28.2. The minimum atomic E-state index is 0.303. The standard InChI is InChI=1S/C18H24N2O/c21-18(19-9-4-1-5-10-19)20-11-8-15-13-16(20)12-14-6-2-3-7-17(14)15/h2-3,6-7,15-16H,1,4-5,8-13H2/t15-,16-/m1/s1. The molecule has 112 valence electrons. The number of likely N-dealkylation sites (tertiary alicyclic amines) is 2. The van der Waals surface area contributed by atoms with E-state index in [9.17, 15) is 4.79 Å². The van der Waals surface area contributed by atoms with Crippen molar-refractivity contribution in [3.8, 4) is 0 Å². The molecule has 2 aliphatic heterocycles. The summed E-state index contributed by atoms with van der Waals surface area (Å²) in [6, 6.07) is 9.56. The highest BCUT2D eigenvalue weighted by molar-refractivity contribution is 5.75. The Bertz CT molecular complexity index is 536. The molecule has 2 bridgehead atoms. The second kappa shape index (κ2) is 5.36. The van der Waals surface area contributed by atoms with E-state index in [1.54, 1.807) is 5.56 Å². The zero-order valence-electron chi connectivity index (χ0n) is 12.6. The molecule has 2 atom stereocenters. The summed E-state index contributed by atoms with van der Waals surface area (Å²) in [5, 5.41) is 0. The summed E-state index contributed by atoms with van der Waals surface area (Å²) >= 11 is 0. The van der Waals surface area contributed by atoms with Crippen LogP contribution in [0.25, 0.3) is 0 Å². The number of amides is 2. The Kier molecular flexibility index (Phi) is 3.36. The predicted molar refractivity (Wildman–Crippen MR) is 83.4 cm³/mol. The van der Waals surface area contributed by atoms with Crippen LogP contribution in [0, 0.1) is 0 Å². The molecule has 0 N–H and O–H groups in total. The number of piperidine rings is 2. The Labute approximate surface area is 126 Å². The van der Waals surface area contributed by atoms with Crippen molar-refractivity contribution in [1.29, 1.82) is 0 Å². The summed E-state index contributed by atoms with van der Waals surface area (Å²) in [5.74, 6) is 0.672. The summed E-state index contributed by atoms with van der Waals surface area (Å²) in [5.41, 5.74) is 3.01. The average molecular weight is 284 g/mol. The average Bonchev–Trinajstić information content (AvgIpc) is 2.55. The number of hydrogen-bond donors (Lipinski definition) is 0. The number of rotatable bonds is 0. The fourth-order valence-corrected chi connectivity index (χ4v) is 4.42. The van der Waals surface area contributed by atoms with Crippen LogP contribution in [-0.4, -0.2) is 41.5 Å². The molecule has 1 aliphatic carbocycles. The second-order valence-corrected chi connectivity index (χ2v) is 6.80. The van der Waals surface area contributed by atoms with Crippen LogP contribution in [0.15, 0.2) is 24.3 Å². The zero-order valence-corrected chi connectivity index (χ0v) is 12.6. The topological polar surface area (TPSA) is 23.6 Å². The van der Waals surface area contributed by atoms with E-state index in [1.165, 1.54) is 24.8 Å². The molecule has 0 radical (unpaired) electrons. The maximum Gasteiger partial charge on any atom is 0.320 e. The highest BCUT2D eigenvalue weighted by atomic mass is 16.2. The highest BCUT2D eigenvalue weighted by Crippen LogP contribution is 2.40. The Morgan fingerprint density at radius 2 is 1.86 bits per heavy atom. The third-order valence-corrected chi connectivity index (χ3v) is 5.54. The number of fused-ring (bicyclic) bond motifs is 4. The summed E-state index contributed by atoms with van der Waals surface area (Å²) in [4.78, 5) is 17.1. The minimum absolute atomic E-state index is 0.303. The molecule has 4 rings (SSSR count). The van der Waals surface area contributed by atoms with Crippen LogP contribution >= 0.6 is 0 Å². The minimum Gasteiger partial charge on any atom is -0.325 e. The van der Waals surface area contributed by atoms with Gasteiger partial charge in [0.25, 0.3) is 0 Å². The molecule has 0 aromatic heterocycles. The van der Waals surface area contributed by atoms with Crippen LogP contribution in [0.3, 0.4) is 0 Å². The number of benzene rings is 1. The van der Waals surface area contributed by atoms with E-state index in [4.69, 9.17) is 0 Å². The maximum atomic E-state index is 12.8. The van der Waals surface area contributed by atoms with E-state index in [0.717, 1.165) is 38.9 Å². The molecule has 2 saturated heterocycles. The molecule has 21 heavy (non-hydrogen) atoms. The Morgan fingerprint density at radius 1 is 1.05 bits per heavy atom. The first-order valence-corrected chi connectivity index (χ1v) is 8.46. The Morgan fingerprint density at radius 3 is 2.71 bits per heavy atom. The molecule has 0 saturated carbocycles. The quantitative estimate of drug-likeness (QED) is 0.716. The van der Waals surface area contributed by atoms with Gasteiger partial charge in [0.1, 0.15) is 0 Å². The summed E-state index contributed by atoms with van der Waals surface area (Å²) in [6.07, 6.45) is 6.98. The van der Waals surface area contributed by atoms with E-state index in [2.05, 4.69) is 34.1 Å². The molecule has 3 heteroatoms. The summed E-state index contributed by atoms with van der Waals surface area (Å²) in [6.45, 7) is 2.86. The van der Waals surface area contributed by atoms with E-state index >= 15 is 0 Å². The first kappa shape index (κ1) is 13.2. The van der Waals surface area contributed by atoms with Gasteiger partial charge in [-0.15, -0.1) is 0 Å². The van der Waals surface area contributed by atoms with E-state index < -0.39 is 0 Å². The van der Waals surface area contributed by atoms with Crippen molar-refractivity contribution in [3.63, 3.8) is 0 Å². The van der Waals surface area contributed by atoms with Crippen LogP contribution < -0.4 is 0 Å². The van der Waals surface area contributed by atoms with Crippen molar-refractivity contribution in [2.24, 2.45) is 0 Å². The lowest BCUT2D eigenvalue weighted by Gasteiger charge is -2.46. The van der Waals surface area contributed by atoms with Gasteiger partial charge in [0.05, 0.1) is 0 Å². The van der Waals surface area contributed by atoms with Gasteiger partial charge in [0, 0.05) is 25.7 Å². The summed E-state index contributed by atoms with van der Waals surface area (Å²) in [7, 11) is 0. The van der Waals surface area contributed by atoms with Gasteiger partial charge in [-0.05, 0) is 55.6 Å². The lowest BCUT2D eigenvalue weighted by atomic mass is 9.75. The van der Waals surface area contributed by atoms with Crippen LogP contribution in [0.4, 0.5) is 4.79 Å². The molecule has 1 aromatic rings. The van der Waals surface area contributed by atoms with Gasteiger partial charge in [0.15, 0.2) is 0 Å². The molecule has 2 fully saturated rings. The highest BCUT2D eigenvalue weighted by Gasteiger charge is 2.38. The monoisotopic (exact) mass is 284 g/mol. The van der Waals surface area contributed by atoms with Gasteiger partial charge >= 0.3 is 6.03 Å².